The molecule has 0 atom stereocenters. The number of hydrogen-bond donors (Lipinski definition) is 3. The largest absolute Gasteiger partial charge is 0.325 e. The van der Waals surface area contributed by atoms with Gasteiger partial charge in [0.1, 0.15) is 0 Å². The van der Waals surface area contributed by atoms with Gasteiger partial charge in [-0.3, -0.25) is 10.1 Å². The van der Waals surface area contributed by atoms with Gasteiger partial charge in [0.15, 0.2) is 0 Å². The van der Waals surface area contributed by atoms with Gasteiger partial charge in [-0.05, 0) is 12.1 Å². The van der Waals surface area contributed by atoms with Crippen molar-refractivity contribution in [3.8, 4) is 0 Å². The highest BCUT2D eigenvalue weighted by molar-refractivity contribution is 5.86. The molecule has 0 aliphatic rings. The summed E-state index contributed by atoms with van der Waals surface area (Å²) in [6, 6.07) is 9.55. The van der Waals surface area contributed by atoms with Gasteiger partial charge < -0.3 is 5.32 Å². The SMILES string of the molecule is CC(=O)Nc1n[nH]c(Nc2ccccc2)n1. The van der Waals surface area contributed by atoms with E-state index in [-0.39, 0.29) is 11.9 Å². The number of hydrogen-bond acceptors (Lipinski definition) is 4. The lowest BCUT2D eigenvalue weighted by molar-refractivity contribution is -0.114. The van der Waals surface area contributed by atoms with Gasteiger partial charge in [0.2, 0.25) is 17.8 Å². The fourth-order valence-electron chi connectivity index (χ4n) is 1.19. The van der Waals surface area contributed by atoms with Crippen molar-refractivity contribution in [2.75, 3.05) is 10.6 Å². The molecule has 1 aromatic heterocycles. The number of benzene rings is 1. The predicted octanol–water partition coefficient (Wildman–Crippen LogP) is 1.51. The van der Waals surface area contributed by atoms with Crippen molar-refractivity contribution in [1.29, 1.82) is 0 Å². The normalized spacial score (nSPS) is 9.81. The Labute approximate surface area is 92.1 Å². The predicted molar refractivity (Wildman–Crippen MR) is 60.4 cm³/mol. The number of carbonyl (C=O) groups is 1. The Hall–Kier alpha value is -2.37. The fourth-order valence-corrected chi connectivity index (χ4v) is 1.19. The van der Waals surface area contributed by atoms with Crippen LogP contribution < -0.4 is 10.6 Å². The standard InChI is InChI=1S/C10H11N5O/c1-7(16)11-9-13-10(15-14-9)12-8-5-3-2-4-6-8/h2-6H,1H3,(H3,11,12,13,14,15,16). The first kappa shape index (κ1) is 10.2. The molecule has 0 bridgehead atoms. The molecule has 6 heteroatoms. The number of aromatic amines is 1. The van der Waals surface area contributed by atoms with Crippen LogP contribution in [0, 0.1) is 0 Å². The summed E-state index contributed by atoms with van der Waals surface area (Å²) in [5.41, 5.74) is 0.896. The number of amides is 1. The number of H-pyrrole nitrogens is 1. The highest BCUT2D eigenvalue weighted by Gasteiger charge is 2.03. The number of nitrogens with one attached hydrogen (secondary N) is 3. The molecule has 1 heterocycles. The summed E-state index contributed by atoms with van der Waals surface area (Å²) < 4.78 is 0. The second-order valence-corrected chi connectivity index (χ2v) is 3.18. The fraction of sp³-hybridized carbons (Fsp3) is 0.100. The number of nitrogens with zero attached hydrogens (tertiary/aromatic N) is 2. The Morgan fingerprint density at radius 3 is 2.75 bits per heavy atom. The van der Waals surface area contributed by atoms with E-state index >= 15 is 0 Å². The van der Waals surface area contributed by atoms with E-state index in [1.807, 2.05) is 30.3 Å². The zero-order valence-corrected chi connectivity index (χ0v) is 8.69. The number of aromatic nitrogens is 3. The van der Waals surface area contributed by atoms with Gasteiger partial charge in [-0.1, -0.05) is 18.2 Å². The molecule has 6 nitrogen and oxygen atoms in total. The molecular formula is C10H11N5O. The topological polar surface area (TPSA) is 82.7 Å². The summed E-state index contributed by atoms with van der Waals surface area (Å²) in [6.07, 6.45) is 0. The van der Waals surface area contributed by atoms with Crippen LogP contribution in [0.2, 0.25) is 0 Å². The minimum absolute atomic E-state index is 0.203. The van der Waals surface area contributed by atoms with Gasteiger partial charge in [0.25, 0.3) is 0 Å². The Bertz CT molecular complexity index is 479. The third kappa shape index (κ3) is 2.57. The van der Waals surface area contributed by atoms with Gasteiger partial charge in [-0.25, -0.2) is 5.10 Å². The second-order valence-electron chi connectivity index (χ2n) is 3.18. The average molecular weight is 217 g/mol. The van der Waals surface area contributed by atoms with Crippen LogP contribution in [0.15, 0.2) is 30.3 Å². The third-order valence-corrected chi connectivity index (χ3v) is 1.81. The maximum Gasteiger partial charge on any atom is 0.250 e. The Kier molecular flexibility index (Phi) is 2.81. The second kappa shape index (κ2) is 4.43. The van der Waals surface area contributed by atoms with E-state index in [4.69, 9.17) is 0 Å². The monoisotopic (exact) mass is 217 g/mol. The third-order valence-electron chi connectivity index (χ3n) is 1.81. The maximum atomic E-state index is 10.8. The molecule has 0 spiro atoms. The molecule has 0 aliphatic heterocycles. The Morgan fingerprint density at radius 1 is 1.31 bits per heavy atom. The van der Waals surface area contributed by atoms with Crippen molar-refractivity contribution in [2.24, 2.45) is 0 Å². The van der Waals surface area contributed by atoms with Crippen molar-refractivity contribution < 1.29 is 4.79 Å². The maximum absolute atomic E-state index is 10.8. The van der Waals surface area contributed by atoms with Crippen LogP contribution in [0.1, 0.15) is 6.92 Å². The molecule has 0 fully saturated rings. The van der Waals surface area contributed by atoms with E-state index in [0.717, 1.165) is 5.69 Å². The molecule has 2 rings (SSSR count). The van der Waals surface area contributed by atoms with E-state index in [2.05, 4.69) is 25.8 Å². The molecule has 0 radical (unpaired) electrons. The first-order valence-electron chi connectivity index (χ1n) is 4.76. The van der Waals surface area contributed by atoms with E-state index in [0.29, 0.717) is 5.95 Å². The van der Waals surface area contributed by atoms with Crippen LogP contribution in [0.3, 0.4) is 0 Å². The lowest BCUT2D eigenvalue weighted by Gasteiger charge is -1.99. The van der Waals surface area contributed by atoms with Crippen molar-refractivity contribution in [3.05, 3.63) is 30.3 Å². The molecular weight excluding hydrogens is 206 g/mol. The number of rotatable bonds is 3. The quantitative estimate of drug-likeness (QED) is 0.727. The molecule has 0 unspecified atom stereocenters. The molecule has 0 aliphatic carbocycles. The average Bonchev–Trinajstić information content (AvgIpc) is 2.66. The van der Waals surface area contributed by atoms with E-state index < -0.39 is 0 Å². The van der Waals surface area contributed by atoms with E-state index in [1.165, 1.54) is 6.92 Å². The Morgan fingerprint density at radius 2 is 2.06 bits per heavy atom. The highest BCUT2D eigenvalue weighted by atomic mass is 16.1. The van der Waals surface area contributed by atoms with Crippen molar-refractivity contribution in [3.63, 3.8) is 0 Å². The first-order chi connectivity index (χ1) is 7.74. The van der Waals surface area contributed by atoms with Crippen LogP contribution in [-0.4, -0.2) is 21.1 Å². The zero-order valence-electron chi connectivity index (χ0n) is 8.69. The van der Waals surface area contributed by atoms with Crippen molar-refractivity contribution >= 4 is 23.5 Å². The van der Waals surface area contributed by atoms with Gasteiger partial charge in [-0.15, -0.1) is 5.10 Å². The summed E-state index contributed by atoms with van der Waals surface area (Å²) in [5, 5.41) is 12.0. The van der Waals surface area contributed by atoms with Gasteiger partial charge >= 0.3 is 0 Å². The summed E-state index contributed by atoms with van der Waals surface area (Å²) in [4.78, 5) is 14.8. The molecule has 0 saturated carbocycles. The van der Waals surface area contributed by atoms with Crippen LogP contribution in [0.4, 0.5) is 17.6 Å². The smallest absolute Gasteiger partial charge is 0.250 e. The van der Waals surface area contributed by atoms with Gasteiger partial charge in [-0.2, -0.15) is 4.98 Å². The summed E-state index contributed by atoms with van der Waals surface area (Å²) in [5.74, 6) is 0.533. The molecule has 1 aromatic carbocycles. The summed E-state index contributed by atoms with van der Waals surface area (Å²) in [7, 11) is 0. The summed E-state index contributed by atoms with van der Waals surface area (Å²) in [6.45, 7) is 1.40. The minimum atomic E-state index is -0.203. The number of anilines is 3. The van der Waals surface area contributed by atoms with Crippen LogP contribution >= 0.6 is 0 Å². The molecule has 16 heavy (non-hydrogen) atoms. The molecule has 1 amide bonds. The van der Waals surface area contributed by atoms with Crippen molar-refractivity contribution in [2.45, 2.75) is 6.92 Å². The lowest BCUT2D eigenvalue weighted by atomic mass is 10.3. The van der Waals surface area contributed by atoms with Crippen molar-refractivity contribution in [1.82, 2.24) is 15.2 Å². The summed E-state index contributed by atoms with van der Waals surface area (Å²) >= 11 is 0. The molecule has 0 saturated heterocycles. The number of carbonyl (C=O) groups excluding carboxylic acids is 1. The molecule has 82 valence electrons. The zero-order chi connectivity index (χ0) is 11.4. The molecule has 2 aromatic rings. The lowest BCUT2D eigenvalue weighted by Crippen LogP contribution is -2.07. The van der Waals surface area contributed by atoms with E-state index in [9.17, 15) is 4.79 Å². The Balaban J connectivity index is 2.06. The van der Waals surface area contributed by atoms with Gasteiger partial charge in [0.05, 0.1) is 0 Å². The van der Waals surface area contributed by atoms with Crippen LogP contribution in [0.25, 0.3) is 0 Å². The molecule has 3 N–H and O–H groups in total. The number of para-hydroxylation sites is 1. The minimum Gasteiger partial charge on any atom is -0.325 e. The first-order valence-corrected chi connectivity index (χ1v) is 4.76. The van der Waals surface area contributed by atoms with Crippen LogP contribution in [-0.2, 0) is 4.79 Å². The highest BCUT2D eigenvalue weighted by Crippen LogP contribution is 2.12. The van der Waals surface area contributed by atoms with Gasteiger partial charge in [0, 0.05) is 12.6 Å². The van der Waals surface area contributed by atoms with Crippen LogP contribution in [0.5, 0.6) is 0 Å². The van der Waals surface area contributed by atoms with E-state index in [1.54, 1.807) is 0 Å².